The van der Waals surface area contributed by atoms with Crippen LogP contribution >= 0.6 is 43.6 Å². The van der Waals surface area contributed by atoms with Crippen molar-refractivity contribution in [1.29, 1.82) is 0 Å². The van der Waals surface area contributed by atoms with Crippen molar-refractivity contribution in [1.82, 2.24) is 10.6 Å². The van der Waals surface area contributed by atoms with Crippen molar-refractivity contribution in [2.24, 2.45) is 9.98 Å². The van der Waals surface area contributed by atoms with Crippen LogP contribution in [0.5, 0.6) is 0 Å². The first kappa shape index (κ1) is 19.2. The van der Waals surface area contributed by atoms with Crippen molar-refractivity contribution in [3.05, 3.63) is 48.5 Å². The molecule has 2 heterocycles. The molecule has 1 aliphatic heterocycles. The van der Waals surface area contributed by atoms with Crippen molar-refractivity contribution in [2.75, 3.05) is 19.0 Å². The van der Waals surface area contributed by atoms with Gasteiger partial charge in [0.05, 0.1) is 21.6 Å². The minimum atomic E-state index is -0.453. The molecule has 9 heteroatoms. The lowest BCUT2D eigenvalue weighted by molar-refractivity contribution is 0.556. The molecule has 3 rings (SSSR count). The van der Waals surface area contributed by atoms with Crippen LogP contribution in [-0.2, 0) is 0 Å². The lowest BCUT2D eigenvalue weighted by Crippen LogP contribution is -2.40. The number of hydrogen-bond donors (Lipinski definition) is 2. The van der Waals surface area contributed by atoms with E-state index in [9.17, 15) is 4.79 Å². The van der Waals surface area contributed by atoms with E-state index in [-0.39, 0.29) is 0 Å². The molecule has 0 saturated heterocycles. The van der Waals surface area contributed by atoms with E-state index in [2.05, 4.69) is 59.2 Å². The second kappa shape index (κ2) is 8.88. The summed E-state index contributed by atoms with van der Waals surface area (Å²) in [5, 5.41) is 8.96. The molecule has 0 spiro atoms. The van der Waals surface area contributed by atoms with Crippen molar-refractivity contribution < 1.29 is 4.42 Å². The first-order valence-corrected chi connectivity index (χ1v) is 10.5. The molecular formula is C17H16Br2N4O2S. The van der Waals surface area contributed by atoms with Crippen LogP contribution in [0.2, 0.25) is 0 Å². The molecule has 0 radical (unpaired) electrons. The Morgan fingerprint density at radius 3 is 3.04 bits per heavy atom. The number of rotatable bonds is 5. The lowest BCUT2D eigenvalue weighted by Gasteiger charge is -2.15. The molecular weight excluding hydrogens is 484 g/mol. The minimum absolute atomic E-state index is 0.373. The molecule has 1 aromatic carbocycles. The summed E-state index contributed by atoms with van der Waals surface area (Å²) in [7, 11) is 0. The molecule has 2 aromatic rings. The predicted molar refractivity (Wildman–Crippen MR) is 116 cm³/mol. The molecule has 0 bridgehead atoms. The SMILES string of the molecule is C=N/C(=C\SCNC1=NCCCN1)c1cc2cc(Br)cc(Br)c2oc1=O. The Morgan fingerprint density at radius 1 is 1.46 bits per heavy atom. The highest BCUT2D eigenvalue weighted by atomic mass is 79.9. The normalized spacial score (nSPS) is 14.7. The van der Waals surface area contributed by atoms with Gasteiger partial charge in [-0.15, -0.1) is 11.8 Å². The van der Waals surface area contributed by atoms with E-state index >= 15 is 0 Å². The van der Waals surface area contributed by atoms with Crippen LogP contribution in [0.3, 0.4) is 0 Å². The van der Waals surface area contributed by atoms with Crippen molar-refractivity contribution in [2.45, 2.75) is 6.42 Å². The summed E-state index contributed by atoms with van der Waals surface area (Å²) < 4.78 is 7.05. The highest BCUT2D eigenvalue weighted by molar-refractivity contribution is 9.11. The van der Waals surface area contributed by atoms with Crippen LogP contribution in [0.1, 0.15) is 12.0 Å². The number of aliphatic imine (C=N–C) groups is 2. The Kier molecular flexibility index (Phi) is 6.55. The van der Waals surface area contributed by atoms with Crippen LogP contribution in [0.4, 0.5) is 0 Å². The third-order valence-electron chi connectivity index (χ3n) is 3.61. The van der Waals surface area contributed by atoms with Gasteiger partial charge in [0.15, 0.2) is 11.5 Å². The van der Waals surface area contributed by atoms with Crippen molar-refractivity contribution >= 4 is 73.0 Å². The van der Waals surface area contributed by atoms with E-state index < -0.39 is 5.63 Å². The monoisotopic (exact) mass is 498 g/mol. The first-order valence-electron chi connectivity index (χ1n) is 7.82. The second-order valence-corrected chi connectivity index (χ2v) is 8.04. The Balaban J connectivity index is 1.80. The molecule has 136 valence electrons. The second-order valence-electron chi connectivity index (χ2n) is 5.41. The van der Waals surface area contributed by atoms with Gasteiger partial charge < -0.3 is 15.1 Å². The molecule has 0 fully saturated rings. The summed E-state index contributed by atoms with van der Waals surface area (Å²) in [6.07, 6.45) is 1.05. The number of fused-ring (bicyclic) bond motifs is 1. The third-order valence-corrected chi connectivity index (χ3v) is 5.36. The zero-order valence-electron chi connectivity index (χ0n) is 13.7. The number of nitrogens with zero attached hydrogens (tertiary/aromatic N) is 2. The zero-order valence-corrected chi connectivity index (χ0v) is 17.7. The summed E-state index contributed by atoms with van der Waals surface area (Å²) in [5.74, 6) is 1.39. The van der Waals surface area contributed by atoms with Gasteiger partial charge >= 0.3 is 5.63 Å². The van der Waals surface area contributed by atoms with Crippen molar-refractivity contribution in [3.63, 3.8) is 0 Å². The number of guanidine groups is 1. The van der Waals surface area contributed by atoms with Gasteiger partial charge in [0.1, 0.15) is 0 Å². The van der Waals surface area contributed by atoms with E-state index in [1.54, 1.807) is 11.5 Å². The Hall–Kier alpha value is -1.58. The molecule has 0 aliphatic carbocycles. The maximum absolute atomic E-state index is 12.4. The van der Waals surface area contributed by atoms with E-state index in [0.29, 0.717) is 27.2 Å². The molecule has 0 amide bonds. The van der Waals surface area contributed by atoms with Crippen LogP contribution in [0, 0.1) is 0 Å². The van der Waals surface area contributed by atoms with Crippen LogP contribution in [0.25, 0.3) is 16.7 Å². The number of benzene rings is 1. The Morgan fingerprint density at radius 2 is 2.31 bits per heavy atom. The van der Waals surface area contributed by atoms with Crippen LogP contribution in [0.15, 0.2) is 51.7 Å². The molecule has 0 atom stereocenters. The van der Waals surface area contributed by atoms with Gasteiger partial charge in [0, 0.05) is 22.9 Å². The molecule has 0 saturated carbocycles. The standard InChI is InChI=1S/C17H16Br2N4O2S/c1-20-14(8-26-9-23-17-21-3-2-4-22-17)12-6-10-5-11(18)7-13(19)15(10)25-16(12)24/h5-8H,1-4,9H2,(H2,21,22,23)/b14-8-. The topological polar surface area (TPSA) is 79.0 Å². The molecule has 26 heavy (non-hydrogen) atoms. The quantitative estimate of drug-likeness (QED) is 0.282. The summed E-state index contributed by atoms with van der Waals surface area (Å²) >= 11 is 8.31. The summed E-state index contributed by atoms with van der Waals surface area (Å²) in [6, 6.07) is 5.48. The average molecular weight is 500 g/mol. The third kappa shape index (κ3) is 4.57. The van der Waals surface area contributed by atoms with Crippen LogP contribution < -0.4 is 16.3 Å². The molecule has 6 nitrogen and oxygen atoms in total. The van der Waals surface area contributed by atoms with E-state index in [4.69, 9.17) is 4.42 Å². The molecule has 1 aromatic heterocycles. The maximum atomic E-state index is 12.4. The zero-order chi connectivity index (χ0) is 18.5. The van der Waals surface area contributed by atoms with E-state index in [1.807, 2.05) is 12.1 Å². The molecule has 2 N–H and O–H groups in total. The fraction of sp³-hybridized carbons (Fsp3) is 0.235. The fourth-order valence-corrected chi connectivity index (χ4v) is 4.41. The van der Waals surface area contributed by atoms with Gasteiger partial charge in [-0.1, -0.05) is 15.9 Å². The molecule has 0 unspecified atom stereocenters. The highest BCUT2D eigenvalue weighted by Gasteiger charge is 2.12. The first-order chi connectivity index (χ1) is 12.6. The Labute approximate surface area is 171 Å². The predicted octanol–water partition coefficient (Wildman–Crippen LogP) is 3.95. The van der Waals surface area contributed by atoms with Crippen molar-refractivity contribution in [3.8, 4) is 0 Å². The van der Waals surface area contributed by atoms with Gasteiger partial charge in [0.25, 0.3) is 0 Å². The maximum Gasteiger partial charge on any atom is 0.345 e. The summed E-state index contributed by atoms with van der Waals surface area (Å²) in [6.45, 7) is 5.33. The number of thioether (sulfide) groups is 1. The van der Waals surface area contributed by atoms with Gasteiger partial charge in [-0.25, -0.2) is 4.79 Å². The largest absolute Gasteiger partial charge is 0.421 e. The van der Waals surface area contributed by atoms with Gasteiger partial charge in [-0.3, -0.25) is 9.98 Å². The molecule has 1 aliphatic rings. The fourth-order valence-electron chi connectivity index (χ4n) is 2.40. The lowest BCUT2D eigenvalue weighted by atomic mass is 10.1. The van der Waals surface area contributed by atoms with Gasteiger partial charge in [0.2, 0.25) is 0 Å². The Bertz CT molecular complexity index is 956. The van der Waals surface area contributed by atoms with Gasteiger partial charge in [-0.2, -0.15) is 0 Å². The van der Waals surface area contributed by atoms with E-state index in [1.165, 1.54) is 11.8 Å². The number of hydrogen-bond acceptors (Lipinski definition) is 7. The van der Waals surface area contributed by atoms with Gasteiger partial charge in [-0.05, 0) is 52.7 Å². The number of halogens is 2. The number of nitrogens with one attached hydrogen (secondary N) is 2. The smallest absolute Gasteiger partial charge is 0.345 e. The van der Waals surface area contributed by atoms with E-state index in [0.717, 1.165) is 35.3 Å². The highest BCUT2D eigenvalue weighted by Crippen LogP contribution is 2.29. The minimum Gasteiger partial charge on any atom is -0.421 e. The summed E-state index contributed by atoms with van der Waals surface area (Å²) in [4.78, 5) is 20.7. The average Bonchev–Trinajstić information content (AvgIpc) is 2.63. The summed E-state index contributed by atoms with van der Waals surface area (Å²) in [5.41, 5.74) is 0.896. The van der Waals surface area contributed by atoms with Crippen LogP contribution in [-0.4, -0.2) is 31.6 Å².